The highest BCUT2D eigenvalue weighted by Crippen LogP contribution is 2.33. The Morgan fingerprint density at radius 3 is 2.63 bits per heavy atom. The predicted molar refractivity (Wildman–Crippen MR) is 144 cm³/mol. The monoisotopic (exact) mass is 603 g/mol. The molecule has 1 aliphatic rings. The number of H-pyrrole nitrogens is 1. The number of alkyl halides is 3. The van der Waals surface area contributed by atoms with Crippen molar-refractivity contribution < 1.29 is 32.3 Å². The van der Waals surface area contributed by atoms with E-state index in [1.165, 1.54) is 30.0 Å². The second kappa shape index (κ2) is 12.8. The first-order chi connectivity index (χ1) is 20.5. The van der Waals surface area contributed by atoms with Gasteiger partial charge in [-0.3, -0.25) is 18.9 Å². The third kappa shape index (κ3) is 6.69. The Bertz CT molecular complexity index is 1820. The van der Waals surface area contributed by atoms with Crippen molar-refractivity contribution in [3.63, 3.8) is 0 Å². The first kappa shape index (κ1) is 30.8. The average molecular weight is 604 g/mol. The van der Waals surface area contributed by atoms with Gasteiger partial charge in [0.1, 0.15) is 12.0 Å². The fraction of sp³-hybridized carbons (Fsp3) is 0.308. The molecule has 0 saturated carbocycles. The number of ether oxygens (including phenoxy) is 2. The van der Waals surface area contributed by atoms with Gasteiger partial charge in [-0.15, -0.1) is 0 Å². The minimum absolute atomic E-state index is 0.00280. The molecule has 0 amide bonds. The van der Waals surface area contributed by atoms with Crippen LogP contribution in [0.4, 0.5) is 13.2 Å². The molecule has 0 radical (unpaired) electrons. The van der Waals surface area contributed by atoms with Gasteiger partial charge in [0.15, 0.2) is 5.82 Å². The first-order valence-electron chi connectivity index (χ1n) is 12.5. The van der Waals surface area contributed by atoms with E-state index >= 15 is 0 Å². The summed E-state index contributed by atoms with van der Waals surface area (Å²) in [6, 6.07) is 10.5. The molecule has 0 unspecified atom stereocenters. The van der Waals surface area contributed by atoms with Crippen LogP contribution in [-0.2, 0) is 10.9 Å². The number of aryl methyl sites for hydroxylation is 1. The van der Waals surface area contributed by atoms with Gasteiger partial charge in [-0.05, 0) is 42.8 Å². The van der Waals surface area contributed by atoms with Crippen LogP contribution in [0.3, 0.4) is 0 Å². The van der Waals surface area contributed by atoms with Crippen molar-refractivity contribution in [3.05, 3.63) is 108 Å². The zero-order chi connectivity index (χ0) is 31.3. The van der Waals surface area contributed by atoms with Crippen LogP contribution in [0.25, 0.3) is 27.5 Å². The van der Waals surface area contributed by atoms with Crippen LogP contribution in [0.5, 0.6) is 5.75 Å². The smallest absolute Gasteiger partial charge is 0.446 e. The molecule has 2 aromatic carbocycles. The van der Waals surface area contributed by atoms with E-state index in [-0.39, 0.29) is 24.5 Å². The van der Waals surface area contributed by atoms with E-state index < -0.39 is 47.1 Å². The molecule has 4 aromatic rings. The van der Waals surface area contributed by atoms with Crippen molar-refractivity contribution in [2.24, 2.45) is 5.11 Å². The maximum Gasteiger partial charge on any atom is 0.446 e. The van der Waals surface area contributed by atoms with E-state index in [1.54, 1.807) is 31.2 Å². The molecule has 0 aliphatic carbocycles. The molecule has 0 bridgehead atoms. The van der Waals surface area contributed by atoms with Gasteiger partial charge >= 0.3 is 17.6 Å². The number of rotatable bonds is 6. The number of hydrogen-bond donors (Lipinski definition) is 2. The molecule has 14 nitrogen and oxygen atoms in total. The zero-order valence-electron chi connectivity index (χ0n) is 22.6. The van der Waals surface area contributed by atoms with Crippen LogP contribution in [0.1, 0.15) is 23.8 Å². The minimum atomic E-state index is -4.53. The van der Waals surface area contributed by atoms with Gasteiger partial charge in [-0.2, -0.15) is 13.2 Å². The summed E-state index contributed by atoms with van der Waals surface area (Å²) in [4.78, 5) is 39.8. The number of nitrogens with zero attached hydrogens (tertiary/aromatic N) is 6. The lowest BCUT2D eigenvalue weighted by molar-refractivity contribution is -0.137. The van der Waals surface area contributed by atoms with Gasteiger partial charge in [-0.25, -0.2) is 14.2 Å². The van der Waals surface area contributed by atoms with Crippen LogP contribution in [0.2, 0.25) is 0 Å². The molecular formula is C26H24F3N7O7. The van der Waals surface area contributed by atoms with Gasteiger partial charge < -0.3 is 14.6 Å². The highest BCUT2D eigenvalue weighted by Gasteiger charge is 2.36. The Kier molecular flexibility index (Phi) is 9.18. The quantitative estimate of drug-likeness (QED) is 0.190. The number of aliphatic hydroxyl groups is 1. The Morgan fingerprint density at radius 2 is 1.95 bits per heavy atom. The fourth-order valence-electron chi connectivity index (χ4n) is 4.34. The van der Waals surface area contributed by atoms with E-state index in [4.69, 9.17) is 20.1 Å². The molecule has 0 spiro atoms. The fourth-order valence-corrected chi connectivity index (χ4v) is 4.34. The number of azide groups is 1. The van der Waals surface area contributed by atoms with Gasteiger partial charge in [0.25, 0.3) is 5.56 Å². The second-order valence-electron chi connectivity index (χ2n) is 9.15. The zero-order valence-corrected chi connectivity index (χ0v) is 22.6. The molecule has 2 aromatic heterocycles. The average Bonchev–Trinajstić information content (AvgIpc) is 3.58. The summed E-state index contributed by atoms with van der Waals surface area (Å²) in [5.74, 6) is -0.432. The summed E-state index contributed by atoms with van der Waals surface area (Å²) < 4.78 is 56.2. The first-order valence-corrected chi connectivity index (χ1v) is 12.5. The van der Waals surface area contributed by atoms with Crippen LogP contribution >= 0.6 is 0 Å². The number of nitrogens with one attached hydrogen (secondary N) is 1. The highest BCUT2D eigenvalue weighted by molar-refractivity contribution is 5.65. The lowest BCUT2D eigenvalue weighted by Crippen LogP contribution is -2.33. The van der Waals surface area contributed by atoms with Crippen molar-refractivity contribution in [2.45, 2.75) is 37.9 Å². The van der Waals surface area contributed by atoms with Crippen LogP contribution in [0, 0.1) is 6.92 Å². The summed E-state index contributed by atoms with van der Waals surface area (Å²) in [5, 5.41) is 16.3. The third-order valence-electron chi connectivity index (χ3n) is 6.42. The Labute approximate surface area is 239 Å². The lowest BCUT2D eigenvalue weighted by atomic mass is 10.1. The highest BCUT2D eigenvalue weighted by atomic mass is 19.4. The standard InChI is InChI=1S/C16H11F3N2O3.C10H13N5O4/c1-23-13-8-3-2-7-12(13)14-20-24-15(22)21(14)11-6-4-5-10(9-11)16(17,18)19;1-5-3-15(10(18)12-9(5)17)8-2-6(13-14-11)7(4-16)19-8/h2-9H,1H3;3,6-8,16H,2,4H2,1H3,(H,12,17,18)/t;6-,7+,8+/m.0/s1. The summed E-state index contributed by atoms with van der Waals surface area (Å²) in [5.41, 5.74) is 7.30. The van der Waals surface area contributed by atoms with Crippen molar-refractivity contribution in [1.29, 1.82) is 0 Å². The van der Waals surface area contributed by atoms with Crippen molar-refractivity contribution >= 4 is 0 Å². The Hall–Kier alpha value is -5.12. The molecule has 1 saturated heterocycles. The van der Waals surface area contributed by atoms with E-state index in [9.17, 15) is 27.6 Å². The summed E-state index contributed by atoms with van der Waals surface area (Å²) in [6.45, 7) is 1.26. The predicted octanol–water partition coefficient (Wildman–Crippen LogP) is 3.32. The van der Waals surface area contributed by atoms with Crippen LogP contribution in [0.15, 0.2) is 78.7 Å². The maximum atomic E-state index is 12.9. The number of aromatic amines is 1. The summed E-state index contributed by atoms with van der Waals surface area (Å²) in [7, 11) is 1.44. The molecule has 2 N–H and O–H groups in total. The van der Waals surface area contributed by atoms with Crippen molar-refractivity contribution in [1.82, 2.24) is 19.3 Å². The van der Waals surface area contributed by atoms with E-state index in [0.717, 1.165) is 16.7 Å². The van der Waals surface area contributed by atoms with Crippen molar-refractivity contribution in [2.75, 3.05) is 13.7 Å². The molecule has 226 valence electrons. The number of hydrogen-bond acceptors (Lipinski definition) is 9. The summed E-state index contributed by atoms with van der Waals surface area (Å²) >= 11 is 0. The number of benzene rings is 2. The SMILES string of the molecule is COc1ccccc1-c1noc(=O)n1-c1cccc(C(F)(F)F)c1.Cc1cn([C@H]2C[C@H](N=[N+]=[N-])[C@@H](CO)O2)c(=O)[nH]c1=O. The largest absolute Gasteiger partial charge is 0.496 e. The molecule has 3 heterocycles. The number of aromatic nitrogens is 4. The molecular weight excluding hydrogens is 579 g/mol. The van der Waals surface area contributed by atoms with E-state index in [2.05, 4.69) is 24.7 Å². The molecule has 17 heteroatoms. The molecule has 3 atom stereocenters. The normalized spacial score (nSPS) is 18.0. The van der Waals surface area contributed by atoms with Gasteiger partial charge in [0.2, 0.25) is 0 Å². The van der Waals surface area contributed by atoms with Gasteiger partial charge in [0, 0.05) is 23.1 Å². The number of methoxy groups -OCH3 is 1. The molecule has 1 fully saturated rings. The second-order valence-corrected chi connectivity index (χ2v) is 9.15. The topological polar surface area (TPSA) is 190 Å². The molecule has 1 aliphatic heterocycles. The Balaban J connectivity index is 0.000000203. The Morgan fingerprint density at radius 1 is 1.21 bits per heavy atom. The summed E-state index contributed by atoms with van der Waals surface area (Å²) in [6.07, 6.45) is -4.20. The maximum absolute atomic E-state index is 12.9. The number of para-hydroxylation sites is 1. The third-order valence-corrected chi connectivity index (χ3v) is 6.42. The van der Waals surface area contributed by atoms with Crippen LogP contribution < -0.4 is 21.7 Å². The molecule has 43 heavy (non-hydrogen) atoms. The van der Waals surface area contributed by atoms with Gasteiger partial charge in [0.05, 0.1) is 42.7 Å². The van der Waals surface area contributed by atoms with E-state index in [0.29, 0.717) is 16.9 Å². The van der Waals surface area contributed by atoms with E-state index in [1.807, 2.05) is 0 Å². The lowest BCUT2D eigenvalue weighted by Gasteiger charge is -2.14. The van der Waals surface area contributed by atoms with Gasteiger partial charge in [-0.1, -0.05) is 28.5 Å². The number of halogens is 3. The van der Waals surface area contributed by atoms with Crippen molar-refractivity contribution in [3.8, 4) is 22.8 Å². The minimum Gasteiger partial charge on any atom is -0.496 e. The molecule has 5 rings (SSSR count). The van der Waals surface area contributed by atoms with Crippen LogP contribution in [-0.4, -0.2) is 50.2 Å². The number of aliphatic hydroxyl groups excluding tert-OH is 1.